The van der Waals surface area contributed by atoms with E-state index in [9.17, 15) is 22.2 Å². The van der Waals surface area contributed by atoms with Gasteiger partial charge in [-0.1, -0.05) is 23.2 Å². The van der Waals surface area contributed by atoms with Gasteiger partial charge in [0.25, 0.3) is 10.0 Å². The minimum absolute atomic E-state index is 0.0378. The zero-order valence-corrected chi connectivity index (χ0v) is 19.6. The highest BCUT2D eigenvalue weighted by atomic mass is 79.9. The Kier molecular flexibility index (Phi) is 6.08. The first-order valence-electron chi connectivity index (χ1n) is 7.90. The van der Waals surface area contributed by atoms with Gasteiger partial charge in [0.2, 0.25) is 5.43 Å². The van der Waals surface area contributed by atoms with E-state index >= 15 is 0 Å². The van der Waals surface area contributed by atoms with Gasteiger partial charge in [-0.15, -0.1) is 0 Å². The first-order chi connectivity index (χ1) is 13.5. The second-order valence-corrected chi connectivity index (χ2v) is 10.8. The number of hydrogen-bond acceptors (Lipinski definition) is 5. The summed E-state index contributed by atoms with van der Waals surface area (Å²) < 4.78 is 40.6. The molecule has 152 valence electrons. The summed E-state index contributed by atoms with van der Waals surface area (Å²) in [6, 6.07) is 8.19. The van der Waals surface area contributed by atoms with Crippen molar-refractivity contribution in [1.82, 2.24) is 3.97 Å². The van der Waals surface area contributed by atoms with E-state index in [1.165, 1.54) is 42.7 Å². The van der Waals surface area contributed by atoms with Gasteiger partial charge in [-0.25, -0.2) is 12.4 Å². The molecule has 0 amide bonds. The number of nitrogens with zero attached hydrogens (tertiary/aromatic N) is 1. The number of Topliss-reactive ketones (excluding diaryl/α,β-unsaturated/α-hetero) is 1. The molecule has 0 radical (unpaired) electrons. The predicted molar refractivity (Wildman–Crippen MR) is 117 cm³/mol. The second-order valence-electron chi connectivity index (χ2n) is 6.00. The molecule has 1 atom stereocenters. The standard InChI is InChI=1S/C18H12BrCl2NO5S2/c1-9(23)14-17(24)15-13(21)8-7-12(19)16(15)22(18(14)28(2)25)29(26,27)11-5-3-10(20)4-6-11/h3-8H,1-2H3. The van der Waals surface area contributed by atoms with Gasteiger partial charge in [0.05, 0.1) is 37.2 Å². The fourth-order valence-corrected chi connectivity index (χ4v) is 6.77. The molecule has 1 aromatic heterocycles. The number of aromatic nitrogens is 1. The molecule has 0 saturated carbocycles. The topological polar surface area (TPSA) is 90.3 Å². The molecule has 1 unspecified atom stereocenters. The molecule has 6 nitrogen and oxygen atoms in total. The number of ketones is 1. The zero-order chi connectivity index (χ0) is 21.7. The van der Waals surface area contributed by atoms with Crippen molar-refractivity contribution in [3.8, 4) is 0 Å². The third kappa shape index (κ3) is 3.70. The normalized spacial score (nSPS) is 12.9. The van der Waals surface area contributed by atoms with Gasteiger partial charge in [0.15, 0.2) is 5.78 Å². The molecule has 0 spiro atoms. The molecule has 0 fully saturated rings. The van der Waals surface area contributed by atoms with Gasteiger partial charge < -0.3 is 0 Å². The molecule has 0 aliphatic rings. The van der Waals surface area contributed by atoms with Crippen LogP contribution in [0.15, 0.2) is 55.6 Å². The molecule has 29 heavy (non-hydrogen) atoms. The average molecular weight is 537 g/mol. The Morgan fingerprint density at radius 2 is 1.69 bits per heavy atom. The number of carbonyl (C=O) groups excluding carboxylic acids is 1. The van der Waals surface area contributed by atoms with E-state index in [0.717, 1.165) is 10.9 Å². The Balaban J connectivity index is 2.70. The van der Waals surface area contributed by atoms with Crippen LogP contribution in [0.2, 0.25) is 10.0 Å². The fraction of sp³-hybridized carbons (Fsp3) is 0.111. The third-order valence-electron chi connectivity index (χ3n) is 4.11. The maximum Gasteiger partial charge on any atom is 0.269 e. The number of benzene rings is 2. The molecule has 11 heteroatoms. The summed E-state index contributed by atoms with van der Waals surface area (Å²) in [5.74, 6) is -0.724. The molecule has 3 rings (SSSR count). The lowest BCUT2D eigenvalue weighted by molar-refractivity contribution is 0.101. The minimum atomic E-state index is -4.38. The van der Waals surface area contributed by atoms with Crippen LogP contribution in [-0.4, -0.2) is 28.6 Å². The molecule has 2 aromatic carbocycles. The molecular formula is C18H12BrCl2NO5S2. The van der Waals surface area contributed by atoms with E-state index in [0.29, 0.717) is 5.02 Å². The van der Waals surface area contributed by atoms with E-state index in [2.05, 4.69) is 15.9 Å². The summed E-state index contributed by atoms with van der Waals surface area (Å²) in [5, 5.41) is -0.309. The van der Waals surface area contributed by atoms with E-state index < -0.39 is 42.6 Å². The second kappa shape index (κ2) is 7.96. The Morgan fingerprint density at radius 3 is 2.21 bits per heavy atom. The van der Waals surface area contributed by atoms with Crippen molar-refractivity contribution >= 4 is 76.6 Å². The smallest absolute Gasteiger partial charge is 0.269 e. The number of pyridine rings is 1. The number of carbonyl (C=O) groups is 1. The van der Waals surface area contributed by atoms with Gasteiger partial charge in [-0.2, -0.15) is 0 Å². The van der Waals surface area contributed by atoms with Crippen LogP contribution < -0.4 is 5.43 Å². The highest BCUT2D eigenvalue weighted by molar-refractivity contribution is 9.10. The summed E-state index contributed by atoms with van der Waals surface area (Å²) in [4.78, 5) is 25.2. The van der Waals surface area contributed by atoms with Crippen LogP contribution in [0.5, 0.6) is 0 Å². The lowest BCUT2D eigenvalue weighted by atomic mass is 10.1. The van der Waals surface area contributed by atoms with E-state index in [1.807, 2.05) is 0 Å². The highest BCUT2D eigenvalue weighted by Gasteiger charge is 2.31. The number of halogens is 3. The maximum absolute atomic E-state index is 13.5. The van der Waals surface area contributed by atoms with Crippen LogP contribution in [0.3, 0.4) is 0 Å². The van der Waals surface area contributed by atoms with Crippen LogP contribution in [0, 0.1) is 0 Å². The lowest BCUT2D eigenvalue weighted by Gasteiger charge is -2.19. The summed E-state index contributed by atoms with van der Waals surface area (Å²) in [7, 11) is -6.39. The van der Waals surface area contributed by atoms with Crippen LogP contribution in [0.25, 0.3) is 10.9 Å². The zero-order valence-electron chi connectivity index (χ0n) is 14.9. The van der Waals surface area contributed by atoms with Crippen molar-refractivity contribution in [2.75, 3.05) is 6.26 Å². The number of fused-ring (bicyclic) bond motifs is 1. The van der Waals surface area contributed by atoms with E-state index in [4.69, 9.17) is 23.2 Å². The fourth-order valence-electron chi connectivity index (χ4n) is 2.89. The molecule has 0 aliphatic heterocycles. The Bertz CT molecular complexity index is 1370. The molecule has 1 heterocycles. The average Bonchev–Trinajstić information content (AvgIpc) is 2.63. The van der Waals surface area contributed by atoms with Crippen molar-refractivity contribution in [3.63, 3.8) is 0 Å². The van der Waals surface area contributed by atoms with Crippen molar-refractivity contribution in [2.24, 2.45) is 0 Å². The summed E-state index contributed by atoms with van der Waals surface area (Å²) in [6.45, 7) is 1.10. The van der Waals surface area contributed by atoms with Crippen LogP contribution in [-0.2, 0) is 20.8 Å². The molecule has 3 aromatic rings. The summed E-state index contributed by atoms with van der Waals surface area (Å²) in [6.07, 6.45) is 1.19. The molecular weight excluding hydrogens is 525 g/mol. The molecule has 0 saturated heterocycles. The van der Waals surface area contributed by atoms with Crippen LogP contribution >= 0.6 is 39.1 Å². The Hall–Kier alpha value is -1.52. The minimum Gasteiger partial charge on any atom is -0.294 e. The van der Waals surface area contributed by atoms with Crippen molar-refractivity contribution in [1.29, 1.82) is 0 Å². The first kappa shape index (κ1) is 22.2. The lowest BCUT2D eigenvalue weighted by Crippen LogP contribution is -2.28. The van der Waals surface area contributed by atoms with Crippen molar-refractivity contribution < 1.29 is 17.4 Å². The summed E-state index contributed by atoms with van der Waals surface area (Å²) >= 11 is 15.3. The predicted octanol–water partition coefficient (Wildman–Crippen LogP) is 4.25. The van der Waals surface area contributed by atoms with Gasteiger partial charge in [0, 0.05) is 15.8 Å². The largest absolute Gasteiger partial charge is 0.294 e. The Morgan fingerprint density at radius 1 is 1.10 bits per heavy atom. The first-order valence-corrected chi connectivity index (χ1v) is 12.5. The molecule has 0 N–H and O–H groups in total. The van der Waals surface area contributed by atoms with Gasteiger partial charge >= 0.3 is 0 Å². The van der Waals surface area contributed by atoms with E-state index in [-0.39, 0.29) is 25.3 Å². The molecule has 0 bridgehead atoms. The number of rotatable bonds is 4. The Labute approximate surface area is 187 Å². The van der Waals surface area contributed by atoms with Gasteiger partial charge in [-0.05, 0) is 59.3 Å². The van der Waals surface area contributed by atoms with E-state index in [1.54, 1.807) is 0 Å². The SMILES string of the molecule is CC(=O)c1c(S(C)=O)n(S(=O)(=O)c2ccc(Cl)cc2)c2c(Br)ccc(Cl)c2c1=O. The maximum atomic E-state index is 13.5. The van der Waals surface area contributed by atoms with Gasteiger partial charge in [-0.3, -0.25) is 13.8 Å². The van der Waals surface area contributed by atoms with Crippen LogP contribution in [0.4, 0.5) is 0 Å². The van der Waals surface area contributed by atoms with Crippen LogP contribution in [0.1, 0.15) is 17.3 Å². The van der Waals surface area contributed by atoms with Crippen molar-refractivity contribution in [3.05, 3.63) is 66.7 Å². The van der Waals surface area contributed by atoms with Crippen molar-refractivity contribution in [2.45, 2.75) is 16.8 Å². The highest BCUT2D eigenvalue weighted by Crippen LogP contribution is 2.34. The molecule has 0 aliphatic carbocycles. The summed E-state index contributed by atoms with van der Waals surface area (Å²) in [5.41, 5.74) is -1.38. The van der Waals surface area contributed by atoms with Gasteiger partial charge in [0.1, 0.15) is 5.03 Å². The third-order valence-corrected chi connectivity index (χ3v) is 8.08. The quantitative estimate of drug-likeness (QED) is 0.465. The number of hydrogen-bond donors (Lipinski definition) is 0. The monoisotopic (exact) mass is 535 g/mol.